The molecule has 1 aromatic heterocycles. The lowest BCUT2D eigenvalue weighted by Gasteiger charge is -2.08. The molecular weight excluding hydrogens is 244 g/mol. The van der Waals surface area contributed by atoms with Gasteiger partial charge < -0.3 is 0 Å². The molecule has 0 bridgehead atoms. The van der Waals surface area contributed by atoms with E-state index in [0.717, 1.165) is 6.54 Å². The van der Waals surface area contributed by atoms with Crippen molar-refractivity contribution in [3.63, 3.8) is 0 Å². The minimum Gasteiger partial charge on any atom is -0.232 e. The highest BCUT2D eigenvalue weighted by Crippen LogP contribution is 2.10. The van der Waals surface area contributed by atoms with E-state index in [1.807, 2.05) is 0 Å². The van der Waals surface area contributed by atoms with Gasteiger partial charge in [0.2, 0.25) is 0 Å². The Labute approximate surface area is 123 Å². The van der Waals surface area contributed by atoms with E-state index in [1.54, 1.807) is 0 Å². The Balaban J connectivity index is 2.18. The topological polar surface area (TPSA) is 8.81 Å². The molecule has 0 spiro atoms. The Morgan fingerprint density at radius 1 is 1.10 bits per heavy atom. The maximum absolute atomic E-state index is 2.42. The van der Waals surface area contributed by atoms with E-state index in [2.05, 4.69) is 72.6 Å². The van der Waals surface area contributed by atoms with Crippen LogP contribution in [0.1, 0.15) is 57.5 Å². The van der Waals surface area contributed by atoms with Gasteiger partial charge in [0.05, 0.1) is 6.04 Å². The summed E-state index contributed by atoms with van der Waals surface area (Å²) in [6, 6.07) is 11.3. The Morgan fingerprint density at radius 2 is 1.85 bits per heavy atom. The standard InChI is InChI=1S/C18H27N2/c1-4-5-7-12-18-19(13-14-20(18)16(2)3)15-17-10-8-6-9-11-17/h6,8-11,13-14,16H,4-5,7,12,15H2,1-3H3/q+1. The summed E-state index contributed by atoms with van der Waals surface area (Å²) in [5, 5.41) is 0. The first-order valence-corrected chi connectivity index (χ1v) is 7.85. The molecule has 0 N–H and O–H groups in total. The zero-order valence-electron chi connectivity index (χ0n) is 13.0. The monoisotopic (exact) mass is 271 g/mol. The first-order valence-electron chi connectivity index (χ1n) is 7.85. The van der Waals surface area contributed by atoms with Gasteiger partial charge in [0, 0.05) is 6.42 Å². The van der Waals surface area contributed by atoms with Gasteiger partial charge in [0.25, 0.3) is 5.82 Å². The molecule has 0 unspecified atom stereocenters. The summed E-state index contributed by atoms with van der Waals surface area (Å²) in [5.74, 6) is 1.46. The van der Waals surface area contributed by atoms with Gasteiger partial charge in [-0.2, -0.15) is 0 Å². The lowest BCUT2D eigenvalue weighted by atomic mass is 10.2. The highest BCUT2D eigenvalue weighted by molar-refractivity contribution is 5.15. The molecule has 0 aliphatic carbocycles. The van der Waals surface area contributed by atoms with E-state index in [-0.39, 0.29) is 0 Å². The molecule has 108 valence electrons. The predicted molar refractivity (Wildman–Crippen MR) is 83.8 cm³/mol. The van der Waals surface area contributed by atoms with Crippen molar-refractivity contribution in [3.8, 4) is 0 Å². The van der Waals surface area contributed by atoms with E-state index in [9.17, 15) is 0 Å². The number of rotatable bonds is 7. The van der Waals surface area contributed by atoms with Gasteiger partial charge in [-0.25, -0.2) is 9.13 Å². The summed E-state index contributed by atoms with van der Waals surface area (Å²) >= 11 is 0. The van der Waals surface area contributed by atoms with Crippen LogP contribution in [0.2, 0.25) is 0 Å². The second-order valence-corrected chi connectivity index (χ2v) is 5.79. The maximum atomic E-state index is 2.42. The highest BCUT2D eigenvalue weighted by Gasteiger charge is 2.18. The molecule has 2 aromatic rings. The summed E-state index contributed by atoms with van der Waals surface area (Å²) < 4.78 is 4.82. The molecule has 0 saturated carbocycles. The third kappa shape index (κ3) is 3.72. The van der Waals surface area contributed by atoms with E-state index < -0.39 is 0 Å². The zero-order valence-corrected chi connectivity index (χ0v) is 13.0. The van der Waals surface area contributed by atoms with Crippen LogP contribution in [0.4, 0.5) is 0 Å². The van der Waals surface area contributed by atoms with Crippen molar-refractivity contribution in [2.24, 2.45) is 0 Å². The molecule has 20 heavy (non-hydrogen) atoms. The van der Waals surface area contributed by atoms with Crippen molar-refractivity contribution < 1.29 is 4.57 Å². The average Bonchev–Trinajstić information content (AvgIpc) is 2.83. The van der Waals surface area contributed by atoms with Crippen molar-refractivity contribution in [1.82, 2.24) is 4.57 Å². The molecule has 0 fully saturated rings. The molecule has 0 saturated heterocycles. The fraction of sp³-hybridized carbons (Fsp3) is 0.500. The number of unbranched alkanes of at least 4 members (excludes halogenated alkanes) is 2. The predicted octanol–water partition coefficient (Wildman–Crippen LogP) is 4.14. The van der Waals surface area contributed by atoms with Gasteiger partial charge in [0.15, 0.2) is 0 Å². The van der Waals surface area contributed by atoms with Crippen molar-refractivity contribution >= 4 is 0 Å². The van der Waals surface area contributed by atoms with Crippen LogP contribution in [0.3, 0.4) is 0 Å². The molecule has 2 nitrogen and oxygen atoms in total. The maximum Gasteiger partial charge on any atom is 0.256 e. The van der Waals surface area contributed by atoms with E-state index >= 15 is 0 Å². The van der Waals surface area contributed by atoms with Crippen LogP contribution in [-0.2, 0) is 13.0 Å². The van der Waals surface area contributed by atoms with Crippen molar-refractivity contribution in [2.75, 3.05) is 0 Å². The van der Waals surface area contributed by atoms with Gasteiger partial charge in [-0.1, -0.05) is 50.1 Å². The van der Waals surface area contributed by atoms with E-state index in [4.69, 9.17) is 0 Å². The number of aromatic nitrogens is 2. The third-order valence-corrected chi connectivity index (χ3v) is 3.79. The molecule has 2 rings (SSSR count). The van der Waals surface area contributed by atoms with Crippen molar-refractivity contribution in [2.45, 2.75) is 59.0 Å². The highest BCUT2D eigenvalue weighted by atomic mass is 15.2. The molecule has 1 heterocycles. The molecule has 0 aliphatic heterocycles. The van der Waals surface area contributed by atoms with Gasteiger partial charge in [-0.15, -0.1) is 0 Å². The minimum atomic E-state index is 0.531. The van der Waals surface area contributed by atoms with Crippen molar-refractivity contribution in [1.29, 1.82) is 0 Å². The third-order valence-electron chi connectivity index (χ3n) is 3.79. The van der Waals surface area contributed by atoms with Gasteiger partial charge >= 0.3 is 0 Å². The Bertz CT molecular complexity index is 511. The van der Waals surface area contributed by atoms with Crippen LogP contribution >= 0.6 is 0 Å². The summed E-state index contributed by atoms with van der Waals surface area (Å²) in [7, 11) is 0. The molecule has 0 radical (unpaired) electrons. The second-order valence-electron chi connectivity index (χ2n) is 5.79. The van der Waals surface area contributed by atoms with Crippen LogP contribution in [0.15, 0.2) is 42.7 Å². The van der Waals surface area contributed by atoms with Crippen LogP contribution in [-0.4, -0.2) is 4.57 Å². The molecule has 0 amide bonds. The Kier molecular flexibility index (Phi) is 5.40. The lowest BCUT2D eigenvalue weighted by Crippen LogP contribution is -2.39. The van der Waals surface area contributed by atoms with Crippen LogP contribution < -0.4 is 4.57 Å². The summed E-state index contributed by atoms with van der Waals surface area (Å²) in [6.07, 6.45) is 9.51. The summed E-state index contributed by atoms with van der Waals surface area (Å²) in [6.45, 7) is 7.76. The minimum absolute atomic E-state index is 0.531. The normalized spacial score (nSPS) is 11.2. The molecule has 0 aliphatic rings. The quantitative estimate of drug-likeness (QED) is 0.529. The van der Waals surface area contributed by atoms with Crippen LogP contribution in [0.5, 0.6) is 0 Å². The first-order chi connectivity index (χ1) is 9.72. The smallest absolute Gasteiger partial charge is 0.232 e. The fourth-order valence-electron chi connectivity index (χ4n) is 2.67. The second kappa shape index (κ2) is 7.28. The molecular formula is C18H27N2+. The number of benzene rings is 1. The largest absolute Gasteiger partial charge is 0.256 e. The van der Waals surface area contributed by atoms with Gasteiger partial charge in [0.1, 0.15) is 18.9 Å². The molecule has 2 heteroatoms. The van der Waals surface area contributed by atoms with Crippen molar-refractivity contribution in [3.05, 3.63) is 54.1 Å². The van der Waals surface area contributed by atoms with Gasteiger partial charge in [-0.05, 0) is 25.8 Å². The van der Waals surface area contributed by atoms with E-state index in [1.165, 1.54) is 37.1 Å². The van der Waals surface area contributed by atoms with E-state index in [0.29, 0.717) is 6.04 Å². The molecule has 0 atom stereocenters. The Hall–Kier alpha value is -1.57. The SMILES string of the molecule is CCCCCc1n(Cc2ccccc2)cc[n+]1C(C)C. The van der Waals surface area contributed by atoms with Gasteiger partial charge in [-0.3, -0.25) is 0 Å². The average molecular weight is 271 g/mol. The first kappa shape index (κ1) is 14.8. The van der Waals surface area contributed by atoms with Crippen LogP contribution in [0.25, 0.3) is 0 Å². The number of imidazole rings is 1. The number of hydrogen-bond donors (Lipinski definition) is 0. The zero-order chi connectivity index (χ0) is 14.4. The Morgan fingerprint density at radius 3 is 2.50 bits per heavy atom. The number of hydrogen-bond acceptors (Lipinski definition) is 0. The summed E-state index contributed by atoms with van der Waals surface area (Å²) in [5.41, 5.74) is 1.37. The fourth-order valence-corrected chi connectivity index (χ4v) is 2.67. The lowest BCUT2D eigenvalue weighted by molar-refractivity contribution is -0.722. The summed E-state index contributed by atoms with van der Waals surface area (Å²) in [4.78, 5) is 0. The number of nitrogens with zero attached hydrogens (tertiary/aromatic N) is 2. The molecule has 1 aromatic carbocycles. The van der Waals surface area contributed by atoms with Crippen LogP contribution in [0, 0.1) is 0 Å².